The number of ether oxygens (including phenoxy) is 1. The Labute approximate surface area is 174 Å². The molecular weight excluding hydrogens is 396 g/mol. The van der Waals surface area contributed by atoms with E-state index in [-0.39, 0.29) is 11.8 Å². The van der Waals surface area contributed by atoms with Gasteiger partial charge in [0, 0.05) is 23.9 Å². The van der Waals surface area contributed by atoms with E-state index in [1.807, 2.05) is 48.5 Å². The number of methoxy groups -OCH3 is 1. The first kappa shape index (κ1) is 20.6. The van der Waals surface area contributed by atoms with Gasteiger partial charge in [-0.1, -0.05) is 35.9 Å². The third-order valence-electron chi connectivity index (χ3n) is 4.56. The van der Waals surface area contributed by atoms with Gasteiger partial charge >= 0.3 is 0 Å². The van der Waals surface area contributed by atoms with Crippen LogP contribution in [0.4, 0.5) is 0 Å². The van der Waals surface area contributed by atoms with E-state index in [0.717, 1.165) is 16.9 Å². The molecule has 1 aliphatic rings. The summed E-state index contributed by atoms with van der Waals surface area (Å²) in [5, 5.41) is 3.55. The maximum absolute atomic E-state index is 12.6. The lowest BCUT2D eigenvalue weighted by molar-refractivity contribution is -0.132. The minimum atomic E-state index is -0.433. The standard InChI is InChI=1S/C21H23ClN2O3S/c1-27-18-7-5-15(6-8-18)12-24-10-9-19(21(24)26)23-20(25)14-28-13-16-3-2-4-17(22)11-16/h2-8,11,19H,9-10,12-14H2,1H3,(H,23,25)/t19-/m0/s1. The highest BCUT2D eigenvalue weighted by Crippen LogP contribution is 2.19. The molecule has 28 heavy (non-hydrogen) atoms. The number of likely N-dealkylation sites (tertiary alicyclic amines) is 1. The summed E-state index contributed by atoms with van der Waals surface area (Å²) in [4.78, 5) is 26.5. The molecule has 1 aliphatic heterocycles. The molecule has 0 aromatic heterocycles. The number of hydrogen-bond acceptors (Lipinski definition) is 4. The predicted molar refractivity (Wildman–Crippen MR) is 113 cm³/mol. The number of hydrogen-bond donors (Lipinski definition) is 1. The molecule has 2 aromatic rings. The first-order valence-electron chi connectivity index (χ1n) is 9.08. The van der Waals surface area contributed by atoms with Crippen LogP contribution in [0.15, 0.2) is 48.5 Å². The van der Waals surface area contributed by atoms with Crippen LogP contribution >= 0.6 is 23.4 Å². The van der Waals surface area contributed by atoms with Crippen LogP contribution in [-0.4, -0.2) is 42.2 Å². The number of amides is 2. The highest BCUT2D eigenvalue weighted by Gasteiger charge is 2.32. The zero-order valence-corrected chi connectivity index (χ0v) is 17.3. The van der Waals surface area contributed by atoms with Crippen molar-refractivity contribution in [2.45, 2.75) is 24.8 Å². The summed E-state index contributed by atoms with van der Waals surface area (Å²) in [6.45, 7) is 1.18. The lowest BCUT2D eigenvalue weighted by Crippen LogP contribution is -2.42. The van der Waals surface area contributed by atoms with Gasteiger partial charge in [0.1, 0.15) is 11.8 Å². The van der Waals surface area contributed by atoms with Gasteiger partial charge in [-0.25, -0.2) is 0 Å². The van der Waals surface area contributed by atoms with Crippen molar-refractivity contribution in [3.8, 4) is 5.75 Å². The van der Waals surface area contributed by atoms with Gasteiger partial charge < -0.3 is 15.0 Å². The number of carbonyl (C=O) groups is 2. The van der Waals surface area contributed by atoms with E-state index >= 15 is 0 Å². The van der Waals surface area contributed by atoms with E-state index in [1.54, 1.807) is 12.0 Å². The zero-order valence-electron chi connectivity index (χ0n) is 15.7. The fourth-order valence-corrected chi connectivity index (χ4v) is 4.10. The van der Waals surface area contributed by atoms with E-state index in [0.29, 0.717) is 36.0 Å². The van der Waals surface area contributed by atoms with Crippen LogP contribution in [0.5, 0.6) is 5.75 Å². The topological polar surface area (TPSA) is 58.6 Å². The van der Waals surface area contributed by atoms with Crippen molar-refractivity contribution in [3.63, 3.8) is 0 Å². The minimum Gasteiger partial charge on any atom is -0.497 e. The number of thioether (sulfide) groups is 1. The fraction of sp³-hybridized carbons (Fsp3) is 0.333. The van der Waals surface area contributed by atoms with Crippen molar-refractivity contribution >= 4 is 35.2 Å². The van der Waals surface area contributed by atoms with Crippen LogP contribution < -0.4 is 10.1 Å². The number of nitrogens with one attached hydrogen (secondary N) is 1. The van der Waals surface area contributed by atoms with Crippen molar-refractivity contribution in [3.05, 3.63) is 64.7 Å². The molecule has 0 unspecified atom stereocenters. The molecule has 0 bridgehead atoms. The first-order valence-corrected chi connectivity index (χ1v) is 10.6. The van der Waals surface area contributed by atoms with Gasteiger partial charge in [-0.05, 0) is 41.8 Å². The normalized spacial score (nSPS) is 16.3. The van der Waals surface area contributed by atoms with Gasteiger partial charge in [-0.2, -0.15) is 0 Å². The Bertz CT molecular complexity index is 829. The third kappa shape index (κ3) is 5.66. The molecule has 0 saturated carbocycles. The third-order valence-corrected chi connectivity index (χ3v) is 5.79. The molecule has 7 heteroatoms. The van der Waals surface area contributed by atoms with Crippen molar-refractivity contribution < 1.29 is 14.3 Å². The van der Waals surface area contributed by atoms with Gasteiger partial charge in [0.05, 0.1) is 12.9 Å². The molecule has 0 radical (unpaired) electrons. The summed E-state index contributed by atoms with van der Waals surface area (Å²) < 4.78 is 5.15. The van der Waals surface area contributed by atoms with Crippen LogP contribution in [0.25, 0.3) is 0 Å². The predicted octanol–water partition coefficient (Wildman–Crippen LogP) is 3.50. The number of halogens is 1. The van der Waals surface area contributed by atoms with Gasteiger partial charge in [0.25, 0.3) is 0 Å². The molecule has 1 N–H and O–H groups in total. The average Bonchev–Trinajstić information content (AvgIpc) is 3.02. The summed E-state index contributed by atoms with van der Waals surface area (Å²) in [5.41, 5.74) is 2.12. The largest absolute Gasteiger partial charge is 0.497 e. The molecule has 148 valence electrons. The molecule has 5 nitrogen and oxygen atoms in total. The van der Waals surface area contributed by atoms with Crippen molar-refractivity contribution in [2.75, 3.05) is 19.4 Å². The Hall–Kier alpha value is -2.18. The second-order valence-electron chi connectivity index (χ2n) is 6.64. The van der Waals surface area contributed by atoms with Gasteiger partial charge in [0.2, 0.25) is 11.8 Å². The van der Waals surface area contributed by atoms with Gasteiger partial charge in [-0.3, -0.25) is 9.59 Å². The number of nitrogens with zero attached hydrogens (tertiary/aromatic N) is 1. The molecule has 3 rings (SSSR count). The average molecular weight is 419 g/mol. The fourth-order valence-electron chi connectivity index (χ4n) is 3.11. The van der Waals surface area contributed by atoms with Crippen LogP contribution in [0.1, 0.15) is 17.5 Å². The summed E-state index contributed by atoms with van der Waals surface area (Å²) >= 11 is 7.47. The molecule has 1 heterocycles. The number of rotatable bonds is 8. The first-order chi connectivity index (χ1) is 13.5. The van der Waals surface area contributed by atoms with Gasteiger partial charge in [0.15, 0.2) is 0 Å². The lowest BCUT2D eigenvalue weighted by atomic mass is 10.2. The Balaban J connectivity index is 1.43. The van der Waals surface area contributed by atoms with Crippen molar-refractivity contribution in [2.24, 2.45) is 0 Å². The summed E-state index contributed by atoms with van der Waals surface area (Å²) in [6, 6.07) is 14.8. The molecule has 1 fully saturated rings. The van der Waals surface area contributed by atoms with E-state index in [2.05, 4.69) is 5.32 Å². The van der Waals surface area contributed by atoms with E-state index in [1.165, 1.54) is 11.8 Å². The second-order valence-corrected chi connectivity index (χ2v) is 8.06. The molecule has 1 atom stereocenters. The minimum absolute atomic E-state index is 0.0241. The van der Waals surface area contributed by atoms with E-state index < -0.39 is 6.04 Å². The Kier molecular flexibility index (Phi) is 7.23. The highest BCUT2D eigenvalue weighted by molar-refractivity contribution is 7.99. The summed E-state index contributed by atoms with van der Waals surface area (Å²) in [5.74, 6) is 1.67. The van der Waals surface area contributed by atoms with Crippen molar-refractivity contribution in [1.82, 2.24) is 10.2 Å². The van der Waals surface area contributed by atoms with Crippen molar-refractivity contribution in [1.29, 1.82) is 0 Å². The van der Waals surface area contributed by atoms with Crippen LogP contribution in [-0.2, 0) is 21.9 Å². The van der Waals surface area contributed by atoms with Gasteiger partial charge in [-0.15, -0.1) is 11.8 Å². The lowest BCUT2D eigenvalue weighted by Gasteiger charge is -2.17. The summed E-state index contributed by atoms with van der Waals surface area (Å²) in [7, 11) is 1.62. The molecular formula is C21H23ClN2O3S. The van der Waals surface area contributed by atoms with E-state index in [4.69, 9.17) is 16.3 Å². The monoisotopic (exact) mass is 418 g/mol. The SMILES string of the molecule is COc1ccc(CN2CC[C@H](NC(=O)CSCc3cccc(Cl)c3)C2=O)cc1. The zero-order chi connectivity index (χ0) is 19.9. The maximum atomic E-state index is 12.6. The number of benzene rings is 2. The van der Waals surface area contributed by atoms with E-state index in [9.17, 15) is 9.59 Å². The Morgan fingerprint density at radius 1 is 1.25 bits per heavy atom. The van der Waals surface area contributed by atoms with Crippen LogP contribution in [0.3, 0.4) is 0 Å². The smallest absolute Gasteiger partial charge is 0.245 e. The molecule has 2 aromatic carbocycles. The Morgan fingerprint density at radius 3 is 2.75 bits per heavy atom. The molecule has 0 spiro atoms. The molecule has 2 amide bonds. The maximum Gasteiger partial charge on any atom is 0.245 e. The molecule has 1 saturated heterocycles. The highest BCUT2D eigenvalue weighted by atomic mass is 35.5. The Morgan fingerprint density at radius 2 is 2.04 bits per heavy atom. The molecule has 0 aliphatic carbocycles. The van der Waals surface area contributed by atoms with Crippen LogP contribution in [0.2, 0.25) is 5.02 Å². The second kappa shape index (κ2) is 9.85. The van der Waals surface area contributed by atoms with Crippen LogP contribution in [0, 0.1) is 0 Å². The quantitative estimate of drug-likeness (QED) is 0.712. The number of carbonyl (C=O) groups excluding carboxylic acids is 2. The summed E-state index contributed by atoms with van der Waals surface area (Å²) in [6.07, 6.45) is 0.639.